The summed E-state index contributed by atoms with van der Waals surface area (Å²) in [6.45, 7) is 2.78. The van der Waals surface area contributed by atoms with Crippen LogP contribution in [0.25, 0.3) is 10.8 Å². The summed E-state index contributed by atoms with van der Waals surface area (Å²) in [5.74, 6) is 0.146. The Hall–Kier alpha value is -3.71. The van der Waals surface area contributed by atoms with Crippen LogP contribution in [0.4, 0.5) is 8.78 Å². The molecule has 0 amide bonds. The van der Waals surface area contributed by atoms with E-state index in [2.05, 4.69) is 13.0 Å². The first-order valence-electron chi connectivity index (χ1n) is 13.2. The summed E-state index contributed by atoms with van der Waals surface area (Å²) in [5.41, 5.74) is 4.08. The van der Waals surface area contributed by atoms with Crippen molar-refractivity contribution in [1.82, 2.24) is 0 Å². The molecule has 4 heteroatoms. The molecule has 2 nitrogen and oxygen atoms in total. The van der Waals surface area contributed by atoms with Gasteiger partial charge in [0.25, 0.3) is 0 Å². The van der Waals surface area contributed by atoms with Crippen molar-refractivity contribution in [3.05, 3.63) is 112 Å². The van der Waals surface area contributed by atoms with Crippen LogP contribution in [0.1, 0.15) is 60.4 Å². The van der Waals surface area contributed by atoms with Gasteiger partial charge >= 0.3 is 0 Å². The van der Waals surface area contributed by atoms with Gasteiger partial charge in [-0.15, -0.1) is 0 Å². The molecule has 0 aromatic heterocycles. The molecule has 4 rings (SSSR count). The Bertz CT molecular complexity index is 1370. The molecule has 4 aromatic rings. The van der Waals surface area contributed by atoms with Gasteiger partial charge in [0.05, 0.1) is 18.2 Å². The van der Waals surface area contributed by atoms with E-state index in [9.17, 15) is 4.39 Å². The molecule has 0 aliphatic carbocycles. The fourth-order valence-corrected chi connectivity index (χ4v) is 4.58. The molecule has 0 radical (unpaired) electrons. The number of unbranched alkanes of at least 4 members (excludes halogenated alkanes) is 3. The summed E-state index contributed by atoms with van der Waals surface area (Å²) in [5, 5.41) is 10.4. The van der Waals surface area contributed by atoms with E-state index in [0.717, 1.165) is 29.4 Å². The molecule has 4 aromatic carbocycles. The van der Waals surface area contributed by atoms with Crippen molar-refractivity contribution in [3.8, 4) is 11.8 Å². The Morgan fingerprint density at radius 3 is 2.22 bits per heavy atom. The fraction of sp³-hybridized carbons (Fsp3) is 0.303. The normalized spacial score (nSPS) is 11.0. The first kappa shape index (κ1) is 26.4. The second-order valence-corrected chi connectivity index (χ2v) is 9.57. The van der Waals surface area contributed by atoms with Gasteiger partial charge in [-0.25, -0.2) is 8.78 Å². The number of hydrogen-bond acceptors (Lipinski definition) is 2. The highest BCUT2D eigenvalue weighted by atomic mass is 19.1. The van der Waals surface area contributed by atoms with Crippen LogP contribution >= 0.6 is 0 Å². The van der Waals surface area contributed by atoms with E-state index >= 15 is 4.39 Å². The zero-order valence-corrected chi connectivity index (χ0v) is 21.4. The Morgan fingerprint density at radius 1 is 0.730 bits per heavy atom. The average molecular weight is 498 g/mol. The van der Waals surface area contributed by atoms with Crippen LogP contribution in [-0.2, 0) is 25.7 Å². The number of rotatable bonds is 12. The molecular formula is C33H33F2NO. The number of halogens is 2. The fourth-order valence-electron chi connectivity index (χ4n) is 4.58. The van der Waals surface area contributed by atoms with Gasteiger partial charge < -0.3 is 4.74 Å². The maximum Gasteiger partial charge on any atom is 0.134 e. The molecule has 37 heavy (non-hydrogen) atoms. The molecule has 0 aliphatic rings. The van der Waals surface area contributed by atoms with Gasteiger partial charge in [0, 0.05) is 11.5 Å². The minimum atomic E-state index is -0.246. The van der Waals surface area contributed by atoms with E-state index < -0.39 is 0 Å². The molecule has 0 saturated carbocycles. The standard InChI is InChI=1S/C33H33F2NO/c1-2-3-4-5-20-37-30-18-17-27(32(34)22-30)13-11-25-12-19-31-29(21-25)16-15-28(33(31)35)14-10-24-6-8-26(23-36)9-7-24/h6-9,12,15-19,21-22H,2-5,10-11,13-14,20H2,1H3. The van der Waals surface area contributed by atoms with Gasteiger partial charge in [-0.3, -0.25) is 0 Å². The molecule has 0 fully saturated rings. The number of nitrogens with zero attached hydrogens (tertiary/aromatic N) is 1. The van der Waals surface area contributed by atoms with Gasteiger partial charge in [0.1, 0.15) is 17.4 Å². The van der Waals surface area contributed by atoms with Gasteiger partial charge in [-0.05, 0) is 77.9 Å². The molecule has 190 valence electrons. The predicted molar refractivity (Wildman–Crippen MR) is 146 cm³/mol. The maximum atomic E-state index is 15.2. The average Bonchev–Trinajstić information content (AvgIpc) is 2.92. The van der Waals surface area contributed by atoms with Crippen LogP contribution in [0, 0.1) is 23.0 Å². The lowest BCUT2D eigenvalue weighted by molar-refractivity contribution is 0.303. The third kappa shape index (κ3) is 7.17. The SMILES string of the molecule is CCCCCCOc1ccc(CCc2ccc3c(F)c(CCc4ccc(C#N)cc4)ccc3c2)c(F)c1. The largest absolute Gasteiger partial charge is 0.493 e. The van der Waals surface area contributed by atoms with Crippen molar-refractivity contribution in [3.63, 3.8) is 0 Å². The lowest BCUT2D eigenvalue weighted by Gasteiger charge is -2.10. The van der Waals surface area contributed by atoms with E-state index in [-0.39, 0.29) is 11.6 Å². The zero-order chi connectivity index (χ0) is 26.0. The highest BCUT2D eigenvalue weighted by Crippen LogP contribution is 2.25. The minimum absolute atomic E-state index is 0.186. The maximum absolute atomic E-state index is 15.2. The van der Waals surface area contributed by atoms with Crippen molar-refractivity contribution in [1.29, 1.82) is 5.26 Å². The number of hydrogen-bond donors (Lipinski definition) is 0. The molecule has 0 spiro atoms. The van der Waals surface area contributed by atoms with E-state index in [1.165, 1.54) is 18.9 Å². The zero-order valence-electron chi connectivity index (χ0n) is 21.4. The van der Waals surface area contributed by atoms with E-state index in [0.29, 0.717) is 60.1 Å². The summed E-state index contributed by atoms with van der Waals surface area (Å²) < 4.78 is 35.5. The van der Waals surface area contributed by atoms with E-state index in [4.69, 9.17) is 10.00 Å². The summed E-state index contributed by atoms with van der Waals surface area (Å²) >= 11 is 0. The van der Waals surface area contributed by atoms with Crippen LogP contribution in [0.2, 0.25) is 0 Å². The Balaban J connectivity index is 1.35. The number of aryl methyl sites for hydroxylation is 4. The van der Waals surface area contributed by atoms with Gasteiger partial charge in [0.15, 0.2) is 0 Å². The lowest BCUT2D eigenvalue weighted by atomic mass is 9.97. The first-order chi connectivity index (χ1) is 18.1. The van der Waals surface area contributed by atoms with Crippen LogP contribution in [0.5, 0.6) is 5.75 Å². The van der Waals surface area contributed by atoms with Crippen molar-refractivity contribution < 1.29 is 13.5 Å². The second-order valence-electron chi connectivity index (χ2n) is 9.57. The number of ether oxygens (including phenoxy) is 1. The first-order valence-corrected chi connectivity index (χ1v) is 13.2. The molecule has 0 atom stereocenters. The highest BCUT2D eigenvalue weighted by molar-refractivity contribution is 5.84. The highest BCUT2D eigenvalue weighted by Gasteiger charge is 2.10. The van der Waals surface area contributed by atoms with E-state index in [1.54, 1.807) is 18.2 Å². The second kappa shape index (κ2) is 13.0. The van der Waals surface area contributed by atoms with Crippen molar-refractivity contribution in [2.75, 3.05) is 6.61 Å². The summed E-state index contributed by atoms with van der Waals surface area (Å²) in [7, 11) is 0. The minimum Gasteiger partial charge on any atom is -0.493 e. The number of nitriles is 1. The third-order valence-electron chi connectivity index (χ3n) is 6.84. The molecule has 0 aliphatic heterocycles. The Morgan fingerprint density at radius 2 is 1.46 bits per heavy atom. The van der Waals surface area contributed by atoms with Crippen LogP contribution in [0.15, 0.2) is 72.8 Å². The molecule has 0 N–H and O–H groups in total. The third-order valence-corrected chi connectivity index (χ3v) is 6.84. The monoisotopic (exact) mass is 497 g/mol. The van der Waals surface area contributed by atoms with Gasteiger partial charge in [-0.1, -0.05) is 74.7 Å². The molecule has 0 bridgehead atoms. The van der Waals surface area contributed by atoms with Crippen molar-refractivity contribution in [2.45, 2.75) is 58.3 Å². The summed E-state index contributed by atoms with van der Waals surface area (Å²) in [6.07, 6.45) is 7.03. The van der Waals surface area contributed by atoms with Crippen molar-refractivity contribution >= 4 is 10.8 Å². The smallest absolute Gasteiger partial charge is 0.134 e. The number of benzene rings is 4. The lowest BCUT2D eigenvalue weighted by Crippen LogP contribution is -2.00. The quantitative estimate of drug-likeness (QED) is 0.184. The van der Waals surface area contributed by atoms with Gasteiger partial charge in [0.2, 0.25) is 0 Å². The van der Waals surface area contributed by atoms with Crippen LogP contribution < -0.4 is 4.74 Å². The topological polar surface area (TPSA) is 33.0 Å². The van der Waals surface area contributed by atoms with E-state index in [1.807, 2.05) is 48.5 Å². The van der Waals surface area contributed by atoms with Crippen LogP contribution in [-0.4, -0.2) is 6.61 Å². The Kier molecular flexibility index (Phi) is 9.27. The predicted octanol–water partition coefficient (Wildman–Crippen LogP) is 8.52. The summed E-state index contributed by atoms with van der Waals surface area (Å²) in [6, 6.07) is 24.2. The summed E-state index contributed by atoms with van der Waals surface area (Å²) in [4.78, 5) is 0. The number of fused-ring (bicyclic) bond motifs is 1. The molecule has 0 saturated heterocycles. The Labute approximate surface area is 218 Å². The van der Waals surface area contributed by atoms with Crippen LogP contribution in [0.3, 0.4) is 0 Å². The molecule has 0 heterocycles. The molecule has 0 unspecified atom stereocenters. The van der Waals surface area contributed by atoms with Crippen molar-refractivity contribution in [2.24, 2.45) is 0 Å². The molecular weight excluding hydrogens is 464 g/mol. The van der Waals surface area contributed by atoms with Gasteiger partial charge in [-0.2, -0.15) is 5.26 Å².